The predicted molar refractivity (Wildman–Crippen MR) is 60.3 cm³/mol. The van der Waals surface area contributed by atoms with Crippen molar-refractivity contribution in [2.45, 2.75) is 30.5 Å². The first-order valence-corrected chi connectivity index (χ1v) is 5.55. The standard InChI is InChI=1S/C10H14ClNS/c1-7(2)13-10-5-3-4-9(11)8(10)6-12/h3-5,7H,6,12H2,1-2H3. The molecule has 3 heteroatoms. The summed E-state index contributed by atoms with van der Waals surface area (Å²) in [4.78, 5) is 1.20. The van der Waals surface area contributed by atoms with Crippen LogP contribution in [0.3, 0.4) is 0 Å². The van der Waals surface area contributed by atoms with E-state index in [-0.39, 0.29) is 0 Å². The average molecular weight is 216 g/mol. The second kappa shape index (κ2) is 4.89. The number of halogens is 1. The Bertz CT molecular complexity index is 286. The molecule has 0 aliphatic rings. The average Bonchev–Trinajstić information content (AvgIpc) is 2.03. The Balaban J connectivity index is 2.98. The monoisotopic (exact) mass is 215 g/mol. The molecule has 1 aromatic carbocycles. The van der Waals surface area contributed by atoms with Crippen molar-refractivity contribution in [3.05, 3.63) is 28.8 Å². The number of rotatable bonds is 3. The van der Waals surface area contributed by atoms with Crippen molar-refractivity contribution in [2.24, 2.45) is 5.73 Å². The quantitative estimate of drug-likeness (QED) is 0.784. The van der Waals surface area contributed by atoms with E-state index in [1.54, 1.807) is 11.8 Å². The fourth-order valence-corrected chi connectivity index (χ4v) is 2.41. The molecule has 0 heterocycles. The summed E-state index contributed by atoms with van der Waals surface area (Å²) in [7, 11) is 0. The number of nitrogens with two attached hydrogens (primary N) is 1. The normalized spacial score (nSPS) is 10.8. The van der Waals surface area contributed by atoms with E-state index in [9.17, 15) is 0 Å². The molecule has 1 nitrogen and oxygen atoms in total. The maximum Gasteiger partial charge on any atom is 0.0462 e. The molecule has 0 bridgehead atoms. The largest absolute Gasteiger partial charge is 0.326 e. The van der Waals surface area contributed by atoms with Crippen LogP contribution in [0.1, 0.15) is 19.4 Å². The van der Waals surface area contributed by atoms with Gasteiger partial charge < -0.3 is 5.73 Å². The smallest absolute Gasteiger partial charge is 0.0462 e. The highest BCUT2D eigenvalue weighted by molar-refractivity contribution is 8.00. The molecule has 1 rings (SSSR count). The number of hydrogen-bond acceptors (Lipinski definition) is 2. The Morgan fingerprint density at radius 2 is 2.15 bits per heavy atom. The van der Waals surface area contributed by atoms with E-state index < -0.39 is 0 Å². The predicted octanol–water partition coefficient (Wildman–Crippen LogP) is 3.30. The summed E-state index contributed by atoms with van der Waals surface area (Å²) in [5.41, 5.74) is 6.69. The van der Waals surface area contributed by atoms with Gasteiger partial charge in [0.05, 0.1) is 0 Å². The molecule has 0 fully saturated rings. The first-order valence-electron chi connectivity index (χ1n) is 4.29. The van der Waals surface area contributed by atoms with E-state index in [0.29, 0.717) is 11.8 Å². The highest BCUT2D eigenvalue weighted by atomic mass is 35.5. The third-order valence-electron chi connectivity index (χ3n) is 1.64. The Morgan fingerprint density at radius 1 is 1.46 bits per heavy atom. The summed E-state index contributed by atoms with van der Waals surface area (Å²) in [5, 5.41) is 1.33. The summed E-state index contributed by atoms with van der Waals surface area (Å²) in [6, 6.07) is 5.92. The van der Waals surface area contributed by atoms with E-state index in [4.69, 9.17) is 17.3 Å². The van der Waals surface area contributed by atoms with Gasteiger partial charge in [0.2, 0.25) is 0 Å². The van der Waals surface area contributed by atoms with Gasteiger partial charge in [-0.2, -0.15) is 0 Å². The highest BCUT2D eigenvalue weighted by Crippen LogP contribution is 2.30. The maximum atomic E-state index is 6.02. The van der Waals surface area contributed by atoms with E-state index in [2.05, 4.69) is 19.9 Å². The van der Waals surface area contributed by atoms with Gasteiger partial charge in [0, 0.05) is 21.7 Å². The number of benzene rings is 1. The van der Waals surface area contributed by atoms with Crippen molar-refractivity contribution in [2.75, 3.05) is 0 Å². The van der Waals surface area contributed by atoms with Crippen LogP contribution in [-0.2, 0) is 6.54 Å². The highest BCUT2D eigenvalue weighted by Gasteiger charge is 2.06. The van der Waals surface area contributed by atoms with Crippen LogP contribution in [-0.4, -0.2) is 5.25 Å². The molecule has 0 saturated carbocycles. The third-order valence-corrected chi connectivity index (χ3v) is 3.10. The minimum absolute atomic E-state index is 0.509. The molecule has 0 atom stereocenters. The van der Waals surface area contributed by atoms with Crippen LogP contribution in [0, 0.1) is 0 Å². The van der Waals surface area contributed by atoms with Gasteiger partial charge >= 0.3 is 0 Å². The molecule has 0 aliphatic heterocycles. The van der Waals surface area contributed by atoms with E-state index in [1.165, 1.54) is 4.90 Å². The molecule has 0 radical (unpaired) electrons. The Labute approximate surface area is 88.7 Å². The number of thioether (sulfide) groups is 1. The molecular formula is C10H14ClNS. The van der Waals surface area contributed by atoms with Crippen molar-refractivity contribution in [3.63, 3.8) is 0 Å². The minimum atomic E-state index is 0.509. The summed E-state index contributed by atoms with van der Waals surface area (Å²) in [6.45, 7) is 4.83. The molecule has 1 aromatic rings. The molecule has 13 heavy (non-hydrogen) atoms. The Hall–Kier alpha value is -0.180. The van der Waals surface area contributed by atoms with Crippen molar-refractivity contribution in [3.8, 4) is 0 Å². The molecule has 0 spiro atoms. The van der Waals surface area contributed by atoms with Gasteiger partial charge in [-0.15, -0.1) is 11.8 Å². The van der Waals surface area contributed by atoms with E-state index in [1.807, 2.05) is 12.1 Å². The van der Waals surface area contributed by atoms with Crippen molar-refractivity contribution >= 4 is 23.4 Å². The molecule has 0 aromatic heterocycles. The van der Waals surface area contributed by atoms with Crippen LogP contribution in [0.5, 0.6) is 0 Å². The van der Waals surface area contributed by atoms with E-state index >= 15 is 0 Å². The molecular weight excluding hydrogens is 202 g/mol. The zero-order valence-corrected chi connectivity index (χ0v) is 9.45. The lowest BCUT2D eigenvalue weighted by atomic mass is 10.2. The fourth-order valence-electron chi connectivity index (χ4n) is 1.10. The number of hydrogen-bond donors (Lipinski definition) is 1. The van der Waals surface area contributed by atoms with Crippen LogP contribution in [0.25, 0.3) is 0 Å². The SMILES string of the molecule is CC(C)Sc1cccc(Cl)c1CN. The second-order valence-corrected chi connectivity index (χ2v) is 5.11. The second-order valence-electron chi connectivity index (χ2n) is 3.09. The van der Waals surface area contributed by atoms with Crippen LogP contribution in [0.2, 0.25) is 5.02 Å². The van der Waals surface area contributed by atoms with Gasteiger partial charge in [0.1, 0.15) is 0 Å². The zero-order chi connectivity index (χ0) is 9.84. The maximum absolute atomic E-state index is 6.02. The summed E-state index contributed by atoms with van der Waals surface area (Å²) < 4.78 is 0. The molecule has 2 N–H and O–H groups in total. The lowest BCUT2D eigenvalue weighted by molar-refractivity contribution is 1.02. The topological polar surface area (TPSA) is 26.0 Å². The Morgan fingerprint density at radius 3 is 2.69 bits per heavy atom. The molecule has 0 saturated heterocycles. The van der Waals surface area contributed by atoms with Gasteiger partial charge in [-0.05, 0) is 17.7 Å². The van der Waals surface area contributed by atoms with Gasteiger partial charge in [0.25, 0.3) is 0 Å². The van der Waals surface area contributed by atoms with Crippen molar-refractivity contribution < 1.29 is 0 Å². The van der Waals surface area contributed by atoms with Gasteiger partial charge in [0.15, 0.2) is 0 Å². The van der Waals surface area contributed by atoms with E-state index in [0.717, 1.165) is 10.6 Å². The van der Waals surface area contributed by atoms with Gasteiger partial charge in [-0.25, -0.2) is 0 Å². The lowest BCUT2D eigenvalue weighted by Gasteiger charge is -2.10. The van der Waals surface area contributed by atoms with Gasteiger partial charge in [-0.1, -0.05) is 31.5 Å². The third kappa shape index (κ3) is 2.90. The van der Waals surface area contributed by atoms with Crippen molar-refractivity contribution in [1.29, 1.82) is 0 Å². The zero-order valence-electron chi connectivity index (χ0n) is 7.88. The fraction of sp³-hybridized carbons (Fsp3) is 0.400. The molecule has 72 valence electrons. The van der Waals surface area contributed by atoms with Crippen LogP contribution < -0.4 is 5.73 Å². The van der Waals surface area contributed by atoms with Crippen LogP contribution in [0.15, 0.2) is 23.1 Å². The molecule has 0 amide bonds. The minimum Gasteiger partial charge on any atom is -0.326 e. The molecule has 0 unspecified atom stereocenters. The van der Waals surface area contributed by atoms with Crippen molar-refractivity contribution in [1.82, 2.24) is 0 Å². The summed E-state index contributed by atoms with van der Waals surface area (Å²) in [6.07, 6.45) is 0. The first-order chi connectivity index (χ1) is 6.15. The van der Waals surface area contributed by atoms with Gasteiger partial charge in [-0.3, -0.25) is 0 Å². The summed E-state index contributed by atoms with van der Waals surface area (Å²) >= 11 is 7.82. The van der Waals surface area contributed by atoms with Crippen LogP contribution >= 0.6 is 23.4 Å². The Kier molecular flexibility index (Phi) is 4.10. The first kappa shape index (κ1) is 10.9. The molecule has 0 aliphatic carbocycles. The lowest BCUT2D eigenvalue weighted by Crippen LogP contribution is -2.00. The van der Waals surface area contributed by atoms with Crippen LogP contribution in [0.4, 0.5) is 0 Å². The summed E-state index contributed by atoms with van der Waals surface area (Å²) in [5.74, 6) is 0.